The van der Waals surface area contributed by atoms with Crippen molar-refractivity contribution in [1.82, 2.24) is 16.2 Å². The number of hydrogen-bond donors (Lipinski definition) is 3. The fraction of sp³-hybridized carbons (Fsp3) is 0.250. The van der Waals surface area contributed by atoms with Gasteiger partial charge in [-0.2, -0.15) is 0 Å². The molecule has 7 heteroatoms. The van der Waals surface area contributed by atoms with Gasteiger partial charge in [0.1, 0.15) is 5.75 Å². The van der Waals surface area contributed by atoms with Crippen molar-refractivity contribution >= 4 is 17.7 Å². The molecule has 2 rings (SSSR count). The van der Waals surface area contributed by atoms with E-state index in [-0.39, 0.29) is 18.9 Å². The molecule has 2 aromatic rings. The summed E-state index contributed by atoms with van der Waals surface area (Å²) in [6.45, 7) is 3.04. The predicted molar refractivity (Wildman–Crippen MR) is 101 cm³/mol. The van der Waals surface area contributed by atoms with Gasteiger partial charge in [-0.15, -0.1) is 0 Å². The first-order chi connectivity index (χ1) is 13.0. The summed E-state index contributed by atoms with van der Waals surface area (Å²) in [5.74, 6) is -0.551. The molecule has 0 radical (unpaired) electrons. The molecule has 3 amide bonds. The predicted octanol–water partition coefficient (Wildman–Crippen LogP) is 1.79. The van der Waals surface area contributed by atoms with Gasteiger partial charge in [0.15, 0.2) is 6.61 Å². The molecule has 7 nitrogen and oxygen atoms in total. The number of rotatable bonds is 7. The molecule has 1 atom stereocenters. The summed E-state index contributed by atoms with van der Waals surface area (Å²) in [6.07, 6.45) is -0.0114. The summed E-state index contributed by atoms with van der Waals surface area (Å²) in [4.78, 5) is 35.4. The number of aryl methyl sites for hydroxylation is 1. The quantitative estimate of drug-likeness (QED) is 0.648. The zero-order chi connectivity index (χ0) is 19.6. The van der Waals surface area contributed by atoms with Gasteiger partial charge in [-0.05, 0) is 24.1 Å². The molecule has 0 aliphatic carbocycles. The van der Waals surface area contributed by atoms with Crippen molar-refractivity contribution in [3.05, 3.63) is 65.7 Å². The Morgan fingerprint density at radius 2 is 1.56 bits per heavy atom. The van der Waals surface area contributed by atoms with Crippen LogP contribution in [0.15, 0.2) is 54.6 Å². The third-order valence-electron chi connectivity index (χ3n) is 3.76. The van der Waals surface area contributed by atoms with Gasteiger partial charge in [0.2, 0.25) is 11.8 Å². The van der Waals surface area contributed by atoms with Crippen molar-refractivity contribution in [2.24, 2.45) is 0 Å². The van der Waals surface area contributed by atoms with Crippen LogP contribution in [0.1, 0.15) is 30.5 Å². The molecule has 0 bridgehead atoms. The minimum atomic E-state index is -0.484. The van der Waals surface area contributed by atoms with E-state index in [9.17, 15) is 14.4 Å². The highest BCUT2D eigenvalue weighted by Crippen LogP contribution is 2.17. The second-order valence-corrected chi connectivity index (χ2v) is 6.02. The largest absolute Gasteiger partial charge is 0.483 e. The maximum Gasteiger partial charge on any atom is 0.276 e. The fourth-order valence-corrected chi connectivity index (χ4v) is 2.46. The lowest BCUT2D eigenvalue weighted by atomic mass is 10.0. The Balaban J connectivity index is 1.82. The van der Waals surface area contributed by atoms with Crippen molar-refractivity contribution in [2.75, 3.05) is 6.61 Å². The van der Waals surface area contributed by atoms with Crippen molar-refractivity contribution in [1.29, 1.82) is 0 Å². The number of para-hydroxylation sites is 1. The van der Waals surface area contributed by atoms with Crippen molar-refractivity contribution < 1.29 is 19.1 Å². The third kappa shape index (κ3) is 6.81. The van der Waals surface area contributed by atoms with Gasteiger partial charge in [-0.25, -0.2) is 0 Å². The number of nitrogens with one attached hydrogen (secondary N) is 3. The van der Waals surface area contributed by atoms with E-state index in [1.807, 2.05) is 55.5 Å². The zero-order valence-corrected chi connectivity index (χ0v) is 15.3. The Bertz CT molecular complexity index is 793. The number of benzene rings is 2. The smallest absolute Gasteiger partial charge is 0.276 e. The van der Waals surface area contributed by atoms with Crippen LogP contribution >= 0.6 is 0 Å². The summed E-state index contributed by atoms with van der Waals surface area (Å²) in [7, 11) is 0. The Hall–Kier alpha value is -3.35. The Morgan fingerprint density at radius 3 is 2.22 bits per heavy atom. The van der Waals surface area contributed by atoms with E-state index >= 15 is 0 Å². The average Bonchev–Trinajstić information content (AvgIpc) is 2.65. The number of amides is 3. The number of hydrogen-bond acceptors (Lipinski definition) is 4. The highest BCUT2D eigenvalue weighted by Gasteiger charge is 2.17. The van der Waals surface area contributed by atoms with E-state index in [2.05, 4.69) is 16.2 Å². The fourth-order valence-electron chi connectivity index (χ4n) is 2.46. The van der Waals surface area contributed by atoms with Crippen LogP contribution in [-0.4, -0.2) is 24.3 Å². The molecule has 0 fully saturated rings. The summed E-state index contributed by atoms with van der Waals surface area (Å²) in [6, 6.07) is 16.0. The average molecular weight is 369 g/mol. The van der Waals surface area contributed by atoms with Crippen LogP contribution in [-0.2, 0) is 14.4 Å². The van der Waals surface area contributed by atoms with Crippen LogP contribution < -0.4 is 20.9 Å². The number of hydrazine groups is 1. The minimum Gasteiger partial charge on any atom is -0.483 e. The molecule has 0 saturated carbocycles. The number of ether oxygens (including phenoxy) is 1. The van der Waals surface area contributed by atoms with E-state index < -0.39 is 17.9 Å². The van der Waals surface area contributed by atoms with Gasteiger partial charge in [0.05, 0.1) is 12.5 Å². The summed E-state index contributed by atoms with van der Waals surface area (Å²) < 4.78 is 5.41. The van der Waals surface area contributed by atoms with Gasteiger partial charge in [0, 0.05) is 6.92 Å². The zero-order valence-electron chi connectivity index (χ0n) is 15.3. The summed E-state index contributed by atoms with van der Waals surface area (Å²) >= 11 is 0. The molecular formula is C20H23N3O4. The summed E-state index contributed by atoms with van der Waals surface area (Å²) in [5.41, 5.74) is 6.36. The molecule has 0 unspecified atom stereocenters. The van der Waals surface area contributed by atoms with Gasteiger partial charge in [-0.3, -0.25) is 25.2 Å². The SMILES string of the molecule is CC(=O)N[C@@H](CC(=O)NNC(=O)COc1ccccc1C)c1ccccc1. The Labute approximate surface area is 158 Å². The van der Waals surface area contributed by atoms with Gasteiger partial charge in [-0.1, -0.05) is 48.5 Å². The minimum absolute atomic E-state index is 0.0114. The Kier molecular flexibility index (Phi) is 7.37. The van der Waals surface area contributed by atoms with E-state index in [1.54, 1.807) is 6.07 Å². The first-order valence-corrected chi connectivity index (χ1v) is 8.54. The van der Waals surface area contributed by atoms with E-state index in [1.165, 1.54) is 6.92 Å². The normalized spacial score (nSPS) is 11.2. The lowest BCUT2D eigenvalue weighted by Gasteiger charge is -2.18. The first-order valence-electron chi connectivity index (χ1n) is 8.54. The molecule has 0 heterocycles. The maximum atomic E-state index is 12.1. The molecule has 0 saturated heterocycles. The van der Waals surface area contributed by atoms with Crippen molar-refractivity contribution in [3.8, 4) is 5.75 Å². The lowest BCUT2D eigenvalue weighted by molar-refractivity contribution is -0.130. The van der Waals surface area contributed by atoms with E-state index in [0.717, 1.165) is 11.1 Å². The number of carbonyl (C=O) groups is 3. The van der Waals surface area contributed by atoms with Gasteiger partial charge < -0.3 is 10.1 Å². The molecule has 0 spiro atoms. The first kappa shape index (κ1) is 20.0. The van der Waals surface area contributed by atoms with Crippen molar-refractivity contribution in [2.45, 2.75) is 26.3 Å². The molecule has 0 aliphatic rings. The molecule has 142 valence electrons. The van der Waals surface area contributed by atoms with E-state index in [0.29, 0.717) is 5.75 Å². The highest BCUT2D eigenvalue weighted by molar-refractivity contribution is 5.83. The van der Waals surface area contributed by atoms with Crippen molar-refractivity contribution in [3.63, 3.8) is 0 Å². The van der Waals surface area contributed by atoms with Crippen LogP contribution in [0.2, 0.25) is 0 Å². The summed E-state index contributed by atoms with van der Waals surface area (Å²) in [5, 5.41) is 2.73. The number of carbonyl (C=O) groups excluding carboxylic acids is 3. The van der Waals surface area contributed by atoms with E-state index in [4.69, 9.17) is 4.74 Å². The molecule has 2 aromatic carbocycles. The van der Waals surface area contributed by atoms with Crippen LogP contribution in [0, 0.1) is 6.92 Å². The highest BCUT2D eigenvalue weighted by atomic mass is 16.5. The van der Waals surface area contributed by atoms with Gasteiger partial charge in [0.25, 0.3) is 5.91 Å². The maximum absolute atomic E-state index is 12.1. The molecule has 0 aliphatic heterocycles. The van der Waals surface area contributed by atoms with Crippen LogP contribution in [0.5, 0.6) is 5.75 Å². The topological polar surface area (TPSA) is 96.5 Å². The Morgan fingerprint density at radius 1 is 0.926 bits per heavy atom. The lowest BCUT2D eigenvalue weighted by Crippen LogP contribution is -2.45. The van der Waals surface area contributed by atoms with Crippen LogP contribution in [0.25, 0.3) is 0 Å². The van der Waals surface area contributed by atoms with Crippen LogP contribution in [0.3, 0.4) is 0 Å². The second kappa shape index (κ2) is 9.96. The monoisotopic (exact) mass is 369 g/mol. The molecule has 0 aromatic heterocycles. The standard InChI is InChI=1S/C20H23N3O4/c1-14-8-6-7-11-18(14)27-13-20(26)23-22-19(25)12-17(21-15(2)24)16-9-4-3-5-10-16/h3-11,17H,12-13H2,1-2H3,(H,21,24)(H,22,25)(H,23,26)/t17-/m0/s1. The molecule has 27 heavy (non-hydrogen) atoms. The third-order valence-corrected chi connectivity index (χ3v) is 3.76. The molecule has 3 N–H and O–H groups in total. The molecular weight excluding hydrogens is 346 g/mol. The van der Waals surface area contributed by atoms with Gasteiger partial charge >= 0.3 is 0 Å². The van der Waals surface area contributed by atoms with Crippen LogP contribution in [0.4, 0.5) is 0 Å². The second-order valence-electron chi connectivity index (χ2n) is 6.02.